The van der Waals surface area contributed by atoms with Gasteiger partial charge < -0.3 is 0 Å². The fraction of sp³-hybridized carbons (Fsp3) is 0.250. The first-order valence-electron chi connectivity index (χ1n) is 4.62. The van der Waals surface area contributed by atoms with Gasteiger partial charge in [0, 0.05) is 5.39 Å². The van der Waals surface area contributed by atoms with E-state index in [9.17, 15) is 0 Å². The molecule has 0 aliphatic heterocycles. The number of fused-ring (bicyclic) bond motifs is 1. The summed E-state index contributed by atoms with van der Waals surface area (Å²) in [5.74, 6) is 0. The molecule has 0 aliphatic rings. The molecule has 0 unspecified atom stereocenters. The fourth-order valence-corrected chi connectivity index (χ4v) is 2.07. The quantitative estimate of drug-likeness (QED) is 0.657. The summed E-state index contributed by atoms with van der Waals surface area (Å²) in [5.41, 5.74) is 3.70. The zero-order valence-corrected chi connectivity index (χ0v) is 9.48. The van der Waals surface area contributed by atoms with Gasteiger partial charge in [-0.05, 0) is 43.9 Å². The van der Waals surface area contributed by atoms with Gasteiger partial charge in [0.1, 0.15) is 0 Å². The molecule has 14 heavy (non-hydrogen) atoms. The molecule has 1 heterocycles. The molecule has 0 saturated carbocycles. The Morgan fingerprint density at radius 1 is 1.14 bits per heavy atom. The lowest BCUT2D eigenvalue weighted by molar-refractivity contribution is 1.17. The second-order valence-corrected chi connectivity index (χ2v) is 4.33. The summed E-state index contributed by atoms with van der Waals surface area (Å²) in [4.78, 5) is 4.56. The SMILES string of the molecule is CSc1cc(C)c2cc(C)ccc2n1. The van der Waals surface area contributed by atoms with Crippen molar-refractivity contribution in [2.45, 2.75) is 18.9 Å². The molecule has 1 aromatic heterocycles. The second kappa shape index (κ2) is 3.62. The van der Waals surface area contributed by atoms with Crippen LogP contribution >= 0.6 is 11.8 Å². The summed E-state index contributed by atoms with van der Waals surface area (Å²) in [6, 6.07) is 8.55. The molecular formula is C12H13NS. The van der Waals surface area contributed by atoms with Gasteiger partial charge >= 0.3 is 0 Å². The van der Waals surface area contributed by atoms with Crippen molar-refractivity contribution in [3.63, 3.8) is 0 Å². The molecular weight excluding hydrogens is 190 g/mol. The first-order chi connectivity index (χ1) is 6.70. The van der Waals surface area contributed by atoms with E-state index in [-0.39, 0.29) is 0 Å². The molecule has 2 rings (SSSR count). The van der Waals surface area contributed by atoms with Crippen LogP contribution in [0.5, 0.6) is 0 Å². The van der Waals surface area contributed by atoms with Crippen LogP contribution in [0.15, 0.2) is 29.3 Å². The van der Waals surface area contributed by atoms with Gasteiger partial charge in [0.05, 0.1) is 10.5 Å². The van der Waals surface area contributed by atoms with Crippen molar-refractivity contribution < 1.29 is 0 Å². The maximum Gasteiger partial charge on any atom is 0.0967 e. The molecule has 1 nitrogen and oxygen atoms in total. The van der Waals surface area contributed by atoms with Gasteiger partial charge in [-0.15, -0.1) is 11.8 Å². The van der Waals surface area contributed by atoms with E-state index in [1.54, 1.807) is 11.8 Å². The highest BCUT2D eigenvalue weighted by Crippen LogP contribution is 2.22. The van der Waals surface area contributed by atoms with E-state index in [2.05, 4.69) is 49.4 Å². The smallest absolute Gasteiger partial charge is 0.0967 e. The molecule has 0 fully saturated rings. The normalized spacial score (nSPS) is 10.8. The molecule has 1 aromatic carbocycles. The van der Waals surface area contributed by atoms with E-state index in [1.165, 1.54) is 16.5 Å². The molecule has 0 radical (unpaired) electrons. The monoisotopic (exact) mass is 203 g/mol. The minimum Gasteiger partial charge on any atom is -0.241 e. The number of thioether (sulfide) groups is 1. The van der Waals surface area contributed by atoms with E-state index >= 15 is 0 Å². The molecule has 0 atom stereocenters. The first kappa shape index (κ1) is 9.53. The fourth-order valence-electron chi connectivity index (χ4n) is 1.58. The van der Waals surface area contributed by atoms with Gasteiger partial charge in [0.25, 0.3) is 0 Å². The van der Waals surface area contributed by atoms with Crippen LogP contribution in [-0.2, 0) is 0 Å². The summed E-state index contributed by atoms with van der Waals surface area (Å²) in [5, 5.41) is 2.36. The van der Waals surface area contributed by atoms with Crippen molar-refractivity contribution in [3.05, 3.63) is 35.4 Å². The second-order valence-electron chi connectivity index (χ2n) is 3.50. The predicted octanol–water partition coefficient (Wildman–Crippen LogP) is 3.57. The van der Waals surface area contributed by atoms with Crippen molar-refractivity contribution in [2.24, 2.45) is 0 Å². The maximum absolute atomic E-state index is 4.56. The van der Waals surface area contributed by atoms with Crippen LogP contribution < -0.4 is 0 Å². The molecule has 0 bridgehead atoms. The topological polar surface area (TPSA) is 12.9 Å². The highest BCUT2D eigenvalue weighted by Gasteiger charge is 2.01. The highest BCUT2D eigenvalue weighted by molar-refractivity contribution is 7.98. The Kier molecular flexibility index (Phi) is 2.46. The Morgan fingerprint density at radius 3 is 2.64 bits per heavy atom. The maximum atomic E-state index is 4.56. The number of aryl methyl sites for hydroxylation is 2. The predicted molar refractivity (Wildman–Crippen MR) is 63.0 cm³/mol. The van der Waals surface area contributed by atoms with E-state index < -0.39 is 0 Å². The summed E-state index contributed by atoms with van der Waals surface area (Å²) in [6.45, 7) is 4.25. The van der Waals surface area contributed by atoms with Crippen LogP contribution in [0.4, 0.5) is 0 Å². The van der Waals surface area contributed by atoms with Crippen molar-refractivity contribution in [1.29, 1.82) is 0 Å². The van der Waals surface area contributed by atoms with Crippen molar-refractivity contribution in [1.82, 2.24) is 4.98 Å². The Labute approximate surface area is 88.6 Å². The molecule has 2 heteroatoms. The van der Waals surface area contributed by atoms with Crippen LogP contribution in [0.25, 0.3) is 10.9 Å². The Morgan fingerprint density at radius 2 is 1.93 bits per heavy atom. The number of pyridine rings is 1. The molecule has 0 amide bonds. The van der Waals surface area contributed by atoms with E-state index in [0.29, 0.717) is 0 Å². The van der Waals surface area contributed by atoms with Crippen LogP contribution in [0.1, 0.15) is 11.1 Å². The van der Waals surface area contributed by atoms with E-state index in [4.69, 9.17) is 0 Å². The lowest BCUT2D eigenvalue weighted by Crippen LogP contribution is -1.86. The number of rotatable bonds is 1. The standard InChI is InChI=1S/C12H13NS/c1-8-4-5-11-10(6-8)9(2)7-12(13-11)14-3/h4-7H,1-3H3. The van der Waals surface area contributed by atoms with Gasteiger partial charge in [-0.3, -0.25) is 0 Å². The average Bonchev–Trinajstić information content (AvgIpc) is 2.19. The summed E-state index contributed by atoms with van der Waals surface area (Å²) in [6.07, 6.45) is 2.06. The molecule has 0 spiro atoms. The van der Waals surface area contributed by atoms with E-state index in [0.717, 1.165) is 10.5 Å². The van der Waals surface area contributed by atoms with Gasteiger partial charge in [-0.2, -0.15) is 0 Å². The number of nitrogens with zero attached hydrogens (tertiary/aromatic N) is 1. The molecule has 2 aromatic rings. The van der Waals surface area contributed by atoms with E-state index in [1.807, 2.05) is 0 Å². The minimum atomic E-state index is 1.10. The number of aromatic nitrogens is 1. The molecule has 0 saturated heterocycles. The third kappa shape index (κ3) is 1.62. The summed E-state index contributed by atoms with van der Waals surface area (Å²) >= 11 is 1.69. The van der Waals surface area contributed by atoms with Crippen LogP contribution in [0.2, 0.25) is 0 Å². The summed E-state index contributed by atoms with van der Waals surface area (Å²) in [7, 11) is 0. The van der Waals surface area contributed by atoms with Gasteiger partial charge in [-0.25, -0.2) is 4.98 Å². The van der Waals surface area contributed by atoms with Crippen LogP contribution in [-0.4, -0.2) is 11.2 Å². The third-order valence-electron chi connectivity index (χ3n) is 2.36. The number of hydrogen-bond donors (Lipinski definition) is 0. The molecule has 0 N–H and O–H groups in total. The zero-order chi connectivity index (χ0) is 10.1. The van der Waals surface area contributed by atoms with Crippen LogP contribution in [0, 0.1) is 13.8 Å². The van der Waals surface area contributed by atoms with Gasteiger partial charge in [-0.1, -0.05) is 11.6 Å². The lowest BCUT2D eigenvalue weighted by atomic mass is 10.1. The Hall–Kier alpha value is -1.02. The zero-order valence-electron chi connectivity index (χ0n) is 8.66. The summed E-state index contributed by atoms with van der Waals surface area (Å²) < 4.78 is 0. The Balaban J connectivity index is 2.76. The number of hydrogen-bond acceptors (Lipinski definition) is 2. The van der Waals surface area contributed by atoms with Gasteiger partial charge in [0.15, 0.2) is 0 Å². The highest BCUT2D eigenvalue weighted by atomic mass is 32.2. The molecule has 72 valence electrons. The van der Waals surface area contributed by atoms with Crippen molar-refractivity contribution in [3.8, 4) is 0 Å². The lowest BCUT2D eigenvalue weighted by Gasteiger charge is -2.05. The van der Waals surface area contributed by atoms with Gasteiger partial charge in [0.2, 0.25) is 0 Å². The van der Waals surface area contributed by atoms with Crippen molar-refractivity contribution >= 4 is 22.7 Å². The number of benzene rings is 1. The average molecular weight is 203 g/mol. The minimum absolute atomic E-state index is 1.10. The first-order valence-corrected chi connectivity index (χ1v) is 5.85. The van der Waals surface area contributed by atoms with Crippen LogP contribution in [0.3, 0.4) is 0 Å². The largest absolute Gasteiger partial charge is 0.241 e. The van der Waals surface area contributed by atoms with Crippen molar-refractivity contribution in [2.75, 3.05) is 6.26 Å². The molecule has 0 aliphatic carbocycles. The Bertz CT molecular complexity index is 477. The third-order valence-corrected chi connectivity index (χ3v) is 2.98.